The van der Waals surface area contributed by atoms with Crippen LogP contribution in [0.25, 0.3) is 0 Å². The van der Waals surface area contributed by atoms with Crippen LogP contribution in [0.2, 0.25) is 0 Å². The largest absolute Gasteiger partial charge is 2.00 e. The number of rotatable bonds is 4. The topological polar surface area (TPSA) is 0 Å². The summed E-state index contributed by atoms with van der Waals surface area (Å²) in [5.41, 5.74) is 7.04. The summed E-state index contributed by atoms with van der Waals surface area (Å²) in [6.07, 6.45) is 25.5. The van der Waals surface area contributed by atoms with Crippen molar-refractivity contribution in [3.8, 4) is 0 Å². The quantitative estimate of drug-likeness (QED) is 0.519. The first kappa shape index (κ1) is 32.6. The summed E-state index contributed by atoms with van der Waals surface area (Å²) in [6.45, 7) is 13.1. The molecule has 0 radical (unpaired) electrons. The molecule has 0 fully saturated rings. The third-order valence-electron chi connectivity index (χ3n) is 4.81. The van der Waals surface area contributed by atoms with Crippen molar-refractivity contribution in [3.63, 3.8) is 0 Å². The molecule has 0 nitrogen and oxygen atoms in total. The van der Waals surface area contributed by atoms with E-state index in [2.05, 4.69) is 84.1 Å². The Morgan fingerprint density at radius 3 is 1.46 bits per heavy atom. The van der Waals surface area contributed by atoms with Gasteiger partial charge in [0, 0.05) is 0 Å². The molecule has 3 heteroatoms. The normalized spacial score (nSPS) is 18.4. The molecule has 0 aromatic carbocycles. The van der Waals surface area contributed by atoms with Gasteiger partial charge in [0.15, 0.2) is 0 Å². The molecule has 0 amide bonds. The molecule has 0 spiro atoms. The van der Waals surface area contributed by atoms with E-state index in [4.69, 9.17) is 0 Å². The van der Waals surface area contributed by atoms with Crippen LogP contribution in [0.4, 0.5) is 0 Å². The Morgan fingerprint density at radius 1 is 0.857 bits per heavy atom. The van der Waals surface area contributed by atoms with Gasteiger partial charge in [-0.15, -0.1) is 19.8 Å². The molecular weight excluding hydrogens is 462 g/mol. The Hall–Kier alpha value is -0.0969. The van der Waals surface area contributed by atoms with Crippen LogP contribution >= 0.6 is 0 Å². The number of hydrogen-bond donors (Lipinski definition) is 0. The van der Waals surface area contributed by atoms with Crippen molar-refractivity contribution >= 4 is 0 Å². The molecule has 156 valence electrons. The SMILES string of the molecule is CC1=[C-]C(C)C(C)=C1C.CCCC1=[C-]CC=C1.CCCC1=[C-]CC=C1.[Cl-].[Cl-].[Zr+2]. The van der Waals surface area contributed by atoms with Crippen LogP contribution in [0.3, 0.4) is 0 Å². The maximum absolute atomic E-state index is 3.36. The van der Waals surface area contributed by atoms with E-state index in [9.17, 15) is 0 Å². The molecule has 1 atom stereocenters. The summed E-state index contributed by atoms with van der Waals surface area (Å²) in [4.78, 5) is 0. The predicted molar refractivity (Wildman–Crippen MR) is 111 cm³/mol. The van der Waals surface area contributed by atoms with Gasteiger partial charge in [-0.25, -0.2) is 28.9 Å². The fourth-order valence-electron chi connectivity index (χ4n) is 2.94. The Labute approximate surface area is 206 Å². The Morgan fingerprint density at radius 2 is 1.29 bits per heavy atom. The molecular formula is C25H35Cl2Zr-3. The third kappa shape index (κ3) is 12.5. The summed E-state index contributed by atoms with van der Waals surface area (Å²) >= 11 is 0. The molecule has 3 aliphatic rings. The monoisotopic (exact) mass is 495 g/mol. The minimum Gasteiger partial charge on any atom is -1.00 e. The van der Waals surface area contributed by atoms with Crippen LogP contribution in [0.1, 0.15) is 80.1 Å². The first-order valence-electron chi connectivity index (χ1n) is 9.79. The van der Waals surface area contributed by atoms with Crippen LogP contribution in [0.15, 0.2) is 52.2 Å². The predicted octanol–water partition coefficient (Wildman–Crippen LogP) is 1.68. The average molecular weight is 498 g/mol. The average Bonchev–Trinajstić information content (AvgIpc) is 3.32. The van der Waals surface area contributed by atoms with Crippen molar-refractivity contribution in [2.45, 2.75) is 80.1 Å². The van der Waals surface area contributed by atoms with Crippen molar-refractivity contribution < 1.29 is 51.0 Å². The van der Waals surface area contributed by atoms with Crippen molar-refractivity contribution in [1.82, 2.24) is 0 Å². The van der Waals surface area contributed by atoms with E-state index in [-0.39, 0.29) is 51.0 Å². The van der Waals surface area contributed by atoms with Gasteiger partial charge in [0.25, 0.3) is 0 Å². The maximum Gasteiger partial charge on any atom is 2.00 e. The van der Waals surface area contributed by atoms with Crippen LogP contribution in [-0.4, -0.2) is 0 Å². The second kappa shape index (κ2) is 18.9. The van der Waals surface area contributed by atoms with Gasteiger partial charge >= 0.3 is 26.2 Å². The van der Waals surface area contributed by atoms with Crippen LogP contribution in [0.5, 0.6) is 0 Å². The molecule has 0 heterocycles. The van der Waals surface area contributed by atoms with Crippen molar-refractivity contribution in [3.05, 3.63) is 70.4 Å². The first-order chi connectivity index (χ1) is 12.0. The van der Waals surface area contributed by atoms with E-state index < -0.39 is 0 Å². The maximum atomic E-state index is 3.36. The molecule has 0 aliphatic heterocycles. The molecule has 0 saturated heterocycles. The molecule has 28 heavy (non-hydrogen) atoms. The van der Waals surface area contributed by atoms with E-state index >= 15 is 0 Å². The number of hydrogen-bond acceptors (Lipinski definition) is 0. The summed E-state index contributed by atoms with van der Waals surface area (Å²) in [5.74, 6) is 0.560. The van der Waals surface area contributed by atoms with E-state index in [0.717, 1.165) is 12.8 Å². The second-order valence-corrected chi connectivity index (χ2v) is 6.92. The minimum atomic E-state index is 0. The Balaban J connectivity index is -0.000000318. The van der Waals surface area contributed by atoms with Gasteiger partial charge in [-0.1, -0.05) is 66.2 Å². The molecule has 1 unspecified atom stereocenters. The van der Waals surface area contributed by atoms with Crippen LogP contribution in [-0.2, 0) is 26.2 Å². The van der Waals surface area contributed by atoms with Gasteiger partial charge in [-0.2, -0.15) is 23.3 Å². The molecule has 0 bridgehead atoms. The fourth-order valence-corrected chi connectivity index (χ4v) is 2.94. The van der Waals surface area contributed by atoms with Crippen molar-refractivity contribution in [2.75, 3.05) is 0 Å². The van der Waals surface area contributed by atoms with E-state index in [1.165, 1.54) is 53.5 Å². The third-order valence-corrected chi connectivity index (χ3v) is 4.81. The zero-order valence-corrected chi connectivity index (χ0v) is 22.4. The van der Waals surface area contributed by atoms with Gasteiger partial charge in [0.05, 0.1) is 0 Å². The molecule has 3 aliphatic carbocycles. The van der Waals surface area contributed by atoms with Gasteiger partial charge in [0.2, 0.25) is 0 Å². The molecule has 0 saturated carbocycles. The van der Waals surface area contributed by atoms with Gasteiger partial charge < -0.3 is 24.8 Å². The van der Waals surface area contributed by atoms with Crippen molar-refractivity contribution in [2.24, 2.45) is 5.92 Å². The molecule has 0 aromatic rings. The number of allylic oxidation sites excluding steroid dienone is 12. The molecule has 3 rings (SSSR count). The van der Waals surface area contributed by atoms with E-state index in [0.29, 0.717) is 5.92 Å². The molecule has 0 N–H and O–H groups in total. The zero-order chi connectivity index (χ0) is 18.7. The van der Waals surface area contributed by atoms with Crippen LogP contribution < -0.4 is 24.8 Å². The Bertz CT molecular complexity index is 572. The first-order valence-corrected chi connectivity index (χ1v) is 9.79. The van der Waals surface area contributed by atoms with Gasteiger partial charge in [-0.05, 0) is 0 Å². The van der Waals surface area contributed by atoms with Gasteiger partial charge in [0.1, 0.15) is 0 Å². The minimum absolute atomic E-state index is 0. The number of halogens is 2. The molecule has 0 aromatic heterocycles. The summed E-state index contributed by atoms with van der Waals surface area (Å²) in [5, 5.41) is 0. The van der Waals surface area contributed by atoms with Crippen molar-refractivity contribution in [1.29, 1.82) is 0 Å². The second-order valence-electron chi connectivity index (χ2n) is 6.92. The fraction of sp³-hybridized carbons (Fsp3) is 0.520. The van der Waals surface area contributed by atoms with E-state index in [1.54, 1.807) is 0 Å². The smallest absolute Gasteiger partial charge is 1.00 e. The van der Waals surface area contributed by atoms with E-state index in [1.807, 2.05) is 0 Å². The summed E-state index contributed by atoms with van der Waals surface area (Å²) < 4.78 is 0. The summed E-state index contributed by atoms with van der Waals surface area (Å²) in [6, 6.07) is 0. The zero-order valence-electron chi connectivity index (χ0n) is 18.4. The standard InChI is InChI=1S/C9H13.2C8H11.2ClH.Zr/c1-6-5-7(2)9(4)8(6)3;2*1-2-5-8-6-3-4-7-8;;;/h6H,1-4H3;2*3,6H,2,4-5H2,1H3;2*1H;/q3*-1;;;+2/p-2. The Kier molecular flexibility index (Phi) is 22.0. The summed E-state index contributed by atoms with van der Waals surface area (Å²) in [7, 11) is 0. The van der Waals surface area contributed by atoms with Crippen LogP contribution in [0, 0.1) is 24.1 Å². The van der Waals surface area contributed by atoms with Gasteiger partial charge in [-0.3, -0.25) is 18.2 Å².